The molecule has 7 aromatic carbocycles. The summed E-state index contributed by atoms with van der Waals surface area (Å²) >= 11 is 26.8. The Balaban J connectivity index is 1.07. The molecule has 7 heterocycles. The number of aliphatic carboxylic acids is 1. The Morgan fingerprint density at radius 3 is 1.88 bits per heavy atom. The minimum Gasteiger partial charge on any atom is -0.508 e. The van der Waals surface area contributed by atoms with Crippen LogP contribution in [0.1, 0.15) is 116 Å². The number of likely N-dealkylation sites (N-methyl/N-ethyl adjacent to an activating group) is 2. The second-order valence-electron chi connectivity index (χ2n) is 31.6. The number of nitrogens with one attached hydrogen (secondary N) is 3. The topological polar surface area (TPSA) is 527 Å². The first kappa shape index (κ1) is 89.9. The summed E-state index contributed by atoms with van der Waals surface area (Å²) in [6.45, 7) is 7.44. The van der Waals surface area contributed by atoms with Crippen LogP contribution in [0.2, 0.25) is 20.1 Å². The zero-order chi connectivity index (χ0) is 87.7. The van der Waals surface area contributed by atoms with Crippen molar-refractivity contribution in [3.8, 4) is 62.9 Å². The van der Waals surface area contributed by atoms with Crippen molar-refractivity contribution in [2.24, 2.45) is 35.9 Å². The van der Waals surface area contributed by atoms with Crippen LogP contribution >= 0.6 is 46.4 Å². The summed E-state index contributed by atoms with van der Waals surface area (Å²) in [5, 5.41) is 208. The third-order valence-corrected chi connectivity index (χ3v) is 22.3. The molecule has 2 fully saturated rings. The number of phenols is 3. The lowest BCUT2D eigenvalue weighted by Crippen LogP contribution is -2.66. The summed E-state index contributed by atoms with van der Waals surface area (Å²) in [6.07, 6.45) is -17.5. The van der Waals surface area contributed by atoms with E-state index in [-0.39, 0.29) is 76.2 Å². The largest absolute Gasteiger partial charge is 0.508 e. The molecule has 7 aliphatic heterocycles. The van der Waals surface area contributed by atoms with Crippen molar-refractivity contribution >= 4 is 93.7 Å². The van der Waals surface area contributed by atoms with Crippen LogP contribution < -0.4 is 29.6 Å². The summed E-state index contributed by atoms with van der Waals surface area (Å²) in [5.74, 6) is -14.1. The number of halogens is 4. The molecule has 0 saturated carbocycles. The molecule has 0 spiro atoms. The maximum atomic E-state index is 13.4. The van der Waals surface area contributed by atoms with Gasteiger partial charge in [-0.25, -0.2) is 34.7 Å². The van der Waals surface area contributed by atoms with E-state index in [2.05, 4.69) is 40.6 Å². The first-order valence-corrected chi connectivity index (χ1v) is 39.7. The number of fused-ring (bicyclic) bond motifs is 12. The van der Waals surface area contributed by atoms with Crippen LogP contribution in [0.4, 0.5) is 0 Å². The Morgan fingerprint density at radius 2 is 1.27 bits per heavy atom. The number of benzene rings is 7. The molecule has 7 aliphatic rings. The van der Waals surface area contributed by atoms with Gasteiger partial charge in [0.1, 0.15) is 84.2 Å². The number of carboxylic acids is 1. The number of ether oxygens (including phenoxy) is 7. The first-order chi connectivity index (χ1) is 57.1. The van der Waals surface area contributed by atoms with Gasteiger partial charge in [0.25, 0.3) is 0 Å². The highest BCUT2D eigenvalue weighted by molar-refractivity contribution is 6.42. The summed E-state index contributed by atoms with van der Waals surface area (Å²) in [4.78, 5) is 39.4. The van der Waals surface area contributed by atoms with E-state index in [0.717, 1.165) is 59.7 Å². The van der Waals surface area contributed by atoms with Gasteiger partial charge in [-0.15, -0.1) is 0 Å². The number of carbonyl (C=O) groups is 1. The van der Waals surface area contributed by atoms with Crippen LogP contribution in [0.3, 0.4) is 0 Å². The Morgan fingerprint density at radius 1 is 0.653 bits per heavy atom. The molecule has 0 aliphatic carbocycles. The van der Waals surface area contributed by atoms with Crippen molar-refractivity contribution < 1.29 is 124 Å². The van der Waals surface area contributed by atoms with Gasteiger partial charge < -0.3 is 130 Å². The van der Waals surface area contributed by atoms with Gasteiger partial charge in [-0.3, -0.25) is 5.41 Å². The molecule has 121 heavy (non-hydrogen) atoms. The zero-order valence-corrected chi connectivity index (χ0v) is 69.3. The minimum absolute atomic E-state index is 0.0216. The van der Waals surface area contributed by atoms with Gasteiger partial charge >= 0.3 is 5.97 Å². The van der Waals surface area contributed by atoms with E-state index in [4.69, 9.17) is 85.0 Å². The molecule has 0 amide bonds. The quantitative estimate of drug-likeness (QED) is 0.0191. The fraction of sp³-hybridized carbons (Fsp3) is 0.398. The highest BCUT2D eigenvalue weighted by Gasteiger charge is 2.53. The number of carboxylic acid groups (broad SMARTS) is 1. The van der Waals surface area contributed by atoms with E-state index in [1.54, 1.807) is 53.2 Å². The molecule has 0 aromatic heterocycles. The molecule has 38 heteroatoms. The molecule has 2 saturated heterocycles. The van der Waals surface area contributed by atoms with Crippen LogP contribution in [0.15, 0.2) is 151 Å². The van der Waals surface area contributed by atoms with Gasteiger partial charge in [-0.05, 0) is 133 Å². The number of aliphatic hydroxyl groups excluding tert-OH is 12. The number of phenolic OH excluding ortho intramolecular Hbond substituents is 3. The molecule has 14 rings (SSSR count). The molecule has 1 unspecified atom stereocenters. The predicted molar refractivity (Wildman–Crippen MR) is 448 cm³/mol. The number of quaternary nitrogens is 1. The lowest BCUT2D eigenvalue weighted by molar-refractivity contribution is -0.874. The van der Waals surface area contributed by atoms with Crippen molar-refractivity contribution in [1.82, 2.24) is 10.6 Å². The smallest absolute Gasteiger partial charge is 0.333 e. The van der Waals surface area contributed by atoms with Crippen molar-refractivity contribution in [1.29, 1.82) is 5.41 Å². The Kier molecular flexibility index (Phi) is 27.6. The van der Waals surface area contributed by atoms with E-state index < -0.39 is 225 Å². The third kappa shape index (κ3) is 20.5. The fourth-order valence-corrected chi connectivity index (χ4v) is 15.4. The van der Waals surface area contributed by atoms with E-state index in [1.807, 2.05) is 38.1 Å². The molecular weight excluding hydrogens is 1660 g/mol. The summed E-state index contributed by atoms with van der Waals surface area (Å²) in [5.41, 5.74) is -2.23. The van der Waals surface area contributed by atoms with Crippen molar-refractivity contribution in [2.45, 2.75) is 169 Å². The third-order valence-electron chi connectivity index (χ3n) is 20.9. The molecule has 19 N–H and O–H groups in total. The number of aliphatic imine (C=N–C) groups is 6. The zero-order valence-electron chi connectivity index (χ0n) is 66.2. The van der Waals surface area contributed by atoms with Crippen molar-refractivity contribution in [3.05, 3.63) is 180 Å². The number of hydrogen-bond acceptors (Lipinski definition) is 25. The standard InChI is InChI=1S/C83H92Cl4N10O24/c1-35(2)21-51(89-5)75(107)95-66-68(102)40-14-19-55(49(86)23-40)117-57-25-42-26-58(72(57)121-82-73(71(105)70(104)59(119-82)33-97(6,7)8)120-61-31-83(4,74(106)36(3)116-61)90-32-37-9-11-38(12-10-37)34-115-44-16-17-47(84)48(85)29-44)118-56-20-15-41(24-50(56)87)69(103)67-80(112)94-65(81(113)114)46-27-43(98)28-54(100)62(46)45-22-39(13-18-53(45)99)63(77(109)96-67)93-78(110)64(42)92-76(108)52(30-60(88)101)91-79(66)111/h9-20,22-29,35-36,51-52,59,61,63-71,73-74,82,89-90,102-106H,21,30-34H2,1-8H3,(H11-,88,91,92,93,94,95,96,98,99,100,101,107,108,109,110,111,112,113,114)/p+1/t36-,51+,52-,59+,61?,63+,64+,65-,66+,67-,68+,69+,70+,71-,73+,74+,82-,83-/m0/s1. The van der Waals surface area contributed by atoms with Gasteiger partial charge in [0, 0.05) is 47.3 Å². The molecule has 7 aromatic rings. The van der Waals surface area contributed by atoms with Gasteiger partial charge in [0.05, 0.1) is 65.9 Å². The molecular formula is C83H93Cl4N10O24+. The Bertz CT molecular complexity index is 5230. The van der Waals surface area contributed by atoms with Crippen molar-refractivity contribution in [3.63, 3.8) is 0 Å². The fourth-order valence-electron chi connectivity index (χ4n) is 14.7. The molecule has 18 atom stereocenters. The average Bonchev–Trinajstić information content (AvgIpc) is 0.763. The maximum absolute atomic E-state index is 13.4. The number of rotatable bonds is 20. The molecule has 0 radical (unpaired) electrons. The molecule has 11 bridgehead atoms. The lowest BCUT2D eigenvalue weighted by atomic mass is 9.84. The highest BCUT2D eigenvalue weighted by atomic mass is 35.5. The minimum atomic E-state index is -2.33. The molecule has 646 valence electrons. The Hall–Kier alpha value is -10.4. The second kappa shape index (κ2) is 37.1. The van der Waals surface area contributed by atoms with Crippen LogP contribution in [-0.4, -0.2) is 247 Å². The van der Waals surface area contributed by atoms with E-state index >= 15 is 0 Å². The lowest BCUT2D eigenvalue weighted by Gasteiger charge is -2.49. The van der Waals surface area contributed by atoms with Crippen molar-refractivity contribution in [2.75, 3.05) is 34.7 Å². The number of nitrogens with zero attached hydrogens (tertiary/aromatic N) is 7. The van der Waals surface area contributed by atoms with Crippen LogP contribution in [0.25, 0.3) is 11.1 Å². The highest BCUT2D eigenvalue weighted by Crippen LogP contribution is 2.51. The number of aliphatic hydroxyl groups is 12. The van der Waals surface area contributed by atoms with Crippen LogP contribution in [0, 0.1) is 11.3 Å². The van der Waals surface area contributed by atoms with Gasteiger partial charge in [-0.2, -0.15) is 0 Å². The SMILES string of the molecule is CN[C@H](CC(C)C)C(O)=N[C@H]1C(O)=N[C@@H](CC(=N)O)C(O)=N[C@H]2C(O)=N[C@H]3C(O)=N[C@H](C(O)=N[C@H](C(=O)O)c4cc(O)cc(O)c4-c4cc3ccc4O)[C@H](O)c3ccc(c(Cl)c3)Oc3cc2cc(c3O[C@@H]2O[C@H](C[N+](C)(C)C)[C@@H](O)[C@H](O)[C@H]2OC2C[C@](C)(NCc3ccc(COc4ccc(Cl)c(Cl)c4)cc3)[C@H](O)[C@H](C)O2)Oc2ccc(cc2Cl)[C@H]1O. The Labute approximate surface area is 713 Å². The van der Waals surface area contributed by atoms with Crippen LogP contribution in [-0.2, 0) is 32.2 Å². The van der Waals surface area contributed by atoms with Gasteiger partial charge in [0.2, 0.25) is 41.5 Å². The monoisotopic (exact) mass is 1750 g/mol. The van der Waals surface area contributed by atoms with E-state index in [0.29, 0.717) is 15.8 Å². The predicted octanol–water partition coefficient (Wildman–Crippen LogP) is 11.6. The normalized spacial score (nSPS) is 26.8. The first-order valence-electron chi connectivity index (χ1n) is 38.2. The number of hydrogen-bond donors (Lipinski definition) is 19. The average molecular weight is 1760 g/mol. The summed E-state index contributed by atoms with van der Waals surface area (Å²) < 4.78 is 46.8. The number of aromatic hydroxyl groups is 3. The molecule has 34 nitrogen and oxygen atoms in total. The maximum Gasteiger partial charge on any atom is 0.333 e. The van der Waals surface area contributed by atoms with Gasteiger partial charge in [-0.1, -0.05) is 103 Å². The second-order valence-corrected chi connectivity index (χ2v) is 33.2. The van der Waals surface area contributed by atoms with E-state index in [1.165, 1.54) is 37.4 Å². The van der Waals surface area contributed by atoms with E-state index in [9.17, 15) is 86.5 Å². The van der Waals surface area contributed by atoms with Crippen LogP contribution in [0.5, 0.6) is 51.7 Å². The summed E-state index contributed by atoms with van der Waals surface area (Å²) in [6, 6.07) is 12.5. The summed E-state index contributed by atoms with van der Waals surface area (Å²) in [7, 11) is 6.88. The van der Waals surface area contributed by atoms with Gasteiger partial charge in [0.15, 0.2) is 65.9 Å².